The van der Waals surface area contributed by atoms with E-state index in [9.17, 15) is 18.1 Å². The number of hydrogen-bond donors (Lipinski definition) is 1. The summed E-state index contributed by atoms with van der Waals surface area (Å²) in [6.45, 7) is 4.02. The molecule has 2 atom stereocenters. The second kappa shape index (κ2) is 22.7. The van der Waals surface area contributed by atoms with Crippen LogP contribution in [0.2, 0.25) is 0 Å². The van der Waals surface area contributed by atoms with Gasteiger partial charge in [-0.3, -0.25) is 0 Å². The molecule has 0 aromatic rings. The van der Waals surface area contributed by atoms with Crippen molar-refractivity contribution in [1.29, 1.82) is 0 Å². The molecule has 0 aliphatic heterocycles. The first kappa shape index (κ1) is 32.7. The summed E-state index contributed by atoms with van der Waals surface area (Å²) in [5, 5.41) is 9.36. The Balaban J connectivity index is 0. The minimum absolute atomic E-state index is 0. The second-order valence-electron chi connectivity index (χ2n) is 8.49. The van der Waals surface area contributed by atoms with Crippen molar-refractivity contribution in [3.63, 3.8) is 0 Å². The van der Waals surface area contributed by atoms with Crippen molar-refractivity contribution in [1.82, 2.24) is 0 Å². The molecular formula is C23H47KO4S. The van der Waals surface area contributed by atoms with E-state index in [1.807, 2.05) is 0 Å². The van der Waals surface area contributed by atoms with Gasteiger partial charge in [-0.25, -0.2) is 8.42 Å². The molecule has 0 radical (unpaired) electrons. The molecule has 0 bridgehead atoms. The van der Waals surface area contributed by atoms with Crippen LogP contribution < -0.4 is 51.4 Å². The molecule has 2 unspecified atom stereocenters. The van der Waals surface area contributed by atoms with E-state index in [4.69, 9.17) is 0 Å². The van der Waals surface area contributed by atoms with Crippen LogP contribution >= 0.6 is 0 Å². The fourth-order valence-electron chi connectivity index (χ4n) is 3.85. The Morgan fingerprint density at radius 1 is 0.655 bits per heavy atom. The van der Waals surface area contributed by atoms with Gasteiger partial charge >= 0.3 is 51.4 Å². The average molecular weight is 459 g/mol. The minimum atomic E-state index is -4.12. The molecule has 0 spiro atoms. The molecule has 0 amide bonds. The smallest absolute Gasteiger partial charge is 0.748 e. The number of unbranched alkanes of at least 4 members (excludes halogenated alkanes) is 13. The van der Waals surface area contributed by atoms with Crippen LogP contribution in [0.1, 0.15) is 136 Å². The summed E-state index contributed by atoms with van der Waals surface area (Å²) < 4.78 is 33.1. The Bertz CT molecular complexity index is 429. The molecular weight excluding hydrogens is 411 g/mol. The van der Waals surface area contributed by atoms with E-state index in [2.05, 4.69) is 6.92 Å². The molecule has 0 saturated heterocycles. The van der Waals surface area contributed by atoms with E-state index < -0.39 is 15.4 Å². The summed E-state index contributed by atoms with van der Waals surface area (Å²) in [4.78, 5) is 0. The first-order chi connectivity index (χ1) is 13.4. The maximum atomic E-state index is 11.0. The van der Waals surface area contributed by atoms with Gasteiger partial charge in [0, 0.05) is 5.25 Å². The van der Waals surface area contributed by atoms with Crippen LogP contribution in [0.25, 0.3) is 0 Å². The van der Waals surface area contributed by atoms with Crippen molar-refractivity contribution in [3.8, 4) is 0 Å². The minimum Gasteiger partial charge on any atom is -0.748 e. The van der Waals surface area contributed by atoms with Gasteiger partial charge in [-0.1, -0.05) is 110 Å². The van der Waals surface area contributed by atoms with Gasteiger partial charge in [0.1, 0.15) is 0 Å². The Morgan fingerprint density at radius 3 is 1.34 bits per heavy atom. The van der Waals surface area contributed by atoms with Crippen LogP contribution in [0.15, 0.2) is 0 Å². The van der Waals surface area contributed by atoms with Crippen LogP contribution in [0.5, 0.6) is 0 Å². The van der Waals surface area contributed by atoms with Crippen LogP contribution in [-0.4, -0.2) is 29.4 Å². The normalized spacial score (nSPS) is 13.8. The van der Waals surface area contributed by atoms with Crippen LogP contribution in [0, 0.1) is 0 Å². The number of rotatable bonds is 21. The molecule has 0 aromatic carbocycles. The zero-order valence-electron chi connectivity index (χ0n) is 19.7. The predicted octanol–water partition coefficient (Wildman–Crippen LogP) is 3.72. The Morgan fingerprint density at radius 2 is 1.00 bits per heavy atom. The zero-order chi connectivity index (χ0) is 21.1. The maximum Gasteiger partial charge on any atom is 1.00 e. The second-order valence-corrected chi connectivity index (χ2v) is 10.1. The molecule has 29 heavy (non-hydrogen) atoms. The third-order valence-electron chi connectivity index (χ3n) is 5.82. The summed E-state index contributed by atoms with van der Waals surface area (Å²) in [7, 11) is -4.12. The molecule has 0 rings (SSSR count). The fraction of sp³-hybridized carbons (Fsp3) is 1.00. The SMILES string of the molecule is CCCCCCCCCCCC(O)CCCCCCCCC(CC)S(=O)(=O)[O-].[K+]. The van der Waals surface area contributed by atoms with Crippen LogP contribution in [-0.2, 0) is 10.1 Å². The molecule has 0 saturated carbocycles. The number of hydrogen-bond acceptors (Lipinski definition) is 4. The van der Waals surface area contributed by atoms with Gasteiger partial charge in [0.15, 0.2) is 0 Å². The monoisotopic (exact) mass is 458 g/mol. The van der Waals surface area contributed by atoms with Crippen LogP contribution in [0.3, 0.4) is 0 Å². The molecule has 0 heterocycles. The fourth-order valence-corrected chi connectivity index (χ4v) is 4.71. The summed E-state index contributed by atoms with van der Waals surface area (Å²) in [5.74, 6) is 0. The zero-order valence-corrected chi connectivity index (χ0v) is 23.6. The molecule has 6 heteroatoms. The van der Waals surface area contributed by atoms with Gasteiger partial charge in [0.2, 0.25) is 0 Å². The van der Waals surface area contributed by atoms with Crippen molar-refractivity contribution >= 4 is 10.1 Å². The third kappa shape index (κ3) is 22.5. The predicted molar refractivity (Wildman–Crippen MR) is 119 cm³/mol. The summed E-state index contributed by atoms with van der Waals surface area (Å²) >= 11 is 0. The molecule has 1 N–H and O–H groups in total. The van der Waals surface area contributed by atoms with Gasteiger partial charge in [0.05, 0.1) is 16.2 Å². The molecule has 0 fully saturated rings. The van der Waals surface area contributed by atoms with Gasteiger partial charge in [-0.05, 0) is 25.7 Å². The maximum absolute atomic E-state index is 11.0. The van der Waals surface area contributed by atoms with E-state index >= 15 is 0 Å². The summed E-state index contributed by atoms with van der Waals surface area (Å²) in [5.41, 5.74) is 0. The Hall–Kier alpha value is 1.51. The number of aliphatic hydroxyl groups is 1. The molecule has 0 aromatic heterocycles. The third-order valence-corrected chi connectivity index (χ3v) is 7.20. The van der Waals surface area contributed by atoms with Crippen molar-refractivity contribution < 1.29 is 69.5 Å². The average Bonchev–Trinajstić information content (AvgIpc) is 2.64. The van der Waals surface area contributed by atoms with Crippen molar-refractivity contribution in [2.45, 2.75) is 147 Å². The van der Waals surface area contributed by atoms with Crippen LogP contribution in [0.4, 0.5) is 0 Å². The first-order valence-electron chi connectivity index (χ1n) is 12.0. The quantitative estimate of drug-likeness (QED) is 0.162. The summed E-state index contributed by atoms with van der Waals surface area (Å²) in [6.07, 6.45) is 20.7. The summed E-state index contributed by atoms with van der Waals surface area (Å²) in [6, 6.07) is 0. The number of aliphatic hydroxyl groups excluding tert-OH is 1. The van der Waals surface area contributed by atoms with Gasteiger partial charge < -0.3 is 9.66 Å². The largest absolute Gasteiger partial charge is 1.00 e. The van der Waals surface area contributed by atoms with Crippen molar-refractivity contribution in [2.24, 2.45) is 0 Å². The Kier molecular flexibility index (Phi) is 25.6. The van der Waals surface area contributed by atoms with E-state index in [0.717, 1.165) is 57.8 Å². The first-order valence-corrected chi connectivity index (χ1v) is 13.5. The van der Waals surface area contributed by atoms with Gasteiger partial charge in [0.25, 0.3) is 0 Å². The molecule has 170 valence electrons. The van der Waals surface area contributed by atoms with Gasteiger partial charge in [-0.15, -0.1) is 0 Å². The van der Waals surface area contributed by atoms with E-state index in [1.54, 1.807) is 6.92 Å². The Labute approximate surface area is 224 Å². The molecule has 0 aliphatic carbocycles. The van der Waals surface area contributed by atoms with Gasteiger partial charge in [-0.2, -0.15) is 0 Å². The molecule has 4 nitrogen and oxygen atoms in total. The van der Waals surface area contributed by atoms with E-state index in [1.165, 1.54) is 51.4 Å². The van der Waals surface area contributed by atoms with Crippen molar-refractivity contribution in [2.75, 3.05) is 0 Å². The van der Waals surface area contributed by atoms with Crippen molar-refractivity contribution in [3.05, 3.63) is 0 Å². The van der Waals surface area contributed by atoms with E-state index in [0.29, 0.717) is 12.8 Å². The topological polar surface area (TPSA) is 77.4 Å². The molecule has 0 aliphatic rings. The standard InChI is InChI=1S/C23H48O4S.K/c1-3-5-6-7-8-9-10-13-16-19-22(24)20-17-14-11-12-15-18-21-23(4-2)28(25,26)27;/h22-24H,3-21H2,1-2H3,(H,25,26,27);/q;+1/p-1. The van der Waals surface area contributed by atoms with E-state index in [-0.39, 0.29) is 57.5 Å².